The predicted octanol–water partition coefficient (Wildman–Crippen LogP) is 9.28. The Labute approximate surface area is 197 Å². The minimum absolute atomic E-state index is 0.769. The van der Waals surface area contributed by atoms with Crippen molar-refractivity contribution in [2.75, 3.05) is 4.90 Å². The lowest BCUT2D eigenvalue weighted by Crippen LogP contribution is -2.11. The highest BCUT2D eigenvalue weighted by Crippen LogP contribution is 2.48. The van der Waals surface area contributed by atoms with Gasteiger partial charge >= 0.3 is 0 Å². The molecule has 4 aromatic carbocycles. The molecule has 1 heteroatoms. The third-order valence-corrected chi connectivity index (χ3v) is 7.74. The van der Waals surface area contributed by atoms with Gasteiger partial charge in [0.05, 0.1) is 0 Å². The van der Waals surface area contributed by atoms with E-state index in [9.17, 15) is 0 Å². The van der Waals surface area contributed by atoms with Gasteiger partial charge in [0, 0.05) is 17.1 Å². The van der Waals surface area contributed by atoms with Crippen LogP contribution in [0.15, 0.2) is 97.1 Å². The van der Waals surface area contributed by atoms with Crippen molar-refractivity contribution in [1.82, 2.24) is 0 Å². The third-order valence-electron chi connectivity index (χ3n) is 7.74. The molecule has 2 bridgehead atoms. The summed E-state index contributed by atoms with van der Waals surface area (Å²) in [6, 6.07) is 35.6. The van der Waals surface area contributed by atoms with Crippen molar-refractivity contribution in [2.45, 2.75) is 50.9 Å². The number of benzene rings is 4. The van der Waals surface area contributed by atoms with E-state index in [0.29, 0.717) is 0 Å². The summed E-state index contributed by atoms with van der Waals surface area (Å²) in [6.45, 7) is 2.24. The monoisotopic (exact) mass is 429 g/mol. The van der Waals surface area contributed by atoms with Crippen molar-refractivity contribution in [3.63, 3.8) is 0 Å². The van der Waals surface area contributed by atoms with Crippen molar-refractivity contribution in [1.29, 1.82) is 0 Å². The highest BCUT2D eigenvalue weighted by molar-refractivity contribution is 5.80. The number of fused-ring (bicyclic) bond motifs is 3. The van der Waals surface area contributed by atoms with E-state index in [4.69, 9.17) is 0 Å². The largest absolute Gasteiger partial charge is 0.310 e. The lowest BCUT2D eigenvalue weighted by atomic mass is 9.77. The van der Waals surface area contributed by atoms with Crippen LogP contribution in [0.25, 0.3) is 11.1 Å². The van der Waals surface area contributed by atoms with E-state index in [1.807, 2.05) is 0 Å². The zero-order valence-corrected chi connectivity index (χ0v) is 19.4. The van der Waals surface area contributed by atoms with Gasteiger partial charge in [0.2, 0.25) is 0 Å². The summed E-state index contributed by atoms with van der Waals surface area (Å²) in [7, 11) is 0. The van der Waals surface area contributed by atoms with Crippen LogP contribution >= 0.6 is 0 Å². The van der Waals surface area contributed by atoms with Gasteiger partial charge in [0.1, 0.15) is 0 Å². The standard InChI is InChI=1S/C32H31N/c1-23-21-26(27-17-19-30-24-9-8-10-25(16-15-24)31(30)22-27)18-20-32(23)33(28-11-4-2-5-12-28)29-13-6-3-7-14-29/h2-7,11-14,17-22,24-25H,8-10,15-16H2,1H3. The molecule has 3 aliphatic carbocycles. The van der Waals surface area contributed by atoms with Gasteiger partial charge < -0.3 is 4.90 Å². The maximum Gasteiger partial charge on any atom is 0.0491 e. The molecule has 0 aliphatic heterocycles. The molecular formula is C32H31N. The average molecular weight is 430 g/mol. The molecule has 7 rings (SSSR count). The third kappa shape index (κ3) is 3.76. The molecule has 164 valence electrons. The molecule has 0 amide bonds. The van der Waals surface area contributed by atoms with E-state index in [2.05, 4.69) is 109 Å². The molecule has 0 spiro atoms. The van der Waals surface area contributed by atoms with Crippen molar-refractivity contribution in [3.05, 3.63) is 114 Å². The molecule has 4 aromatic rings. The molecule has 0 heterocycles. The number of aryl methyl sites for hydroxylation is 1. The molecule has 3 aliphatic rings. The van der Waals surface area contributed by atoms with Gasteiger partial charge in [-0.2, -0.15) is 0 Å². The highest BCUT2D eigenvalue weighted by atomic mass is 15.1. The molecule has 33 heavy (non-hydrogen) atoms. The summed E-state index contributed by atoms with van der Waals surface area (Å²) in [5.74, 6) is 1.56. The highest BCUT2D eigenvalue weighted by Gasteiger charge is 2.30. The number of nitrogens with zero attached hydrogens (tertiary/aromatic N) is 1. The van der Waals surface area contributed by atoms with E-state index in [0.717, 1.165) is 11.8 Å². The minimum atomic E-state index is 0.769. The first kappa shape index (κ1) is 20.3. The van der Waals surface area contributed by atoms with Crippen LogP contribution in [0.1, 0.15) is 60.6 Å². The molecule has 0 saturated heterocycles. The Hall–Kier alpha value is -3.32. The molecule has 2 unspecified atom stereocenters. The van der Waals surface area contributed by atoms with Gasteiger partial charge in [-0.25, -0.2) is 0 Å². The SMILES string of the molecule is Cc1cc(-c2ccc3c(c2)C2CCCC3CC2)ccc1N(c1ccccc1)c1ccccc1. The fourth-order valence-electron chi connectivity index (χ4n) is 6.07. The van der Waals surface area contributed by atoms with Gasteiger partial charge in [-0.3, -0.25) is 0 Å². The molecular weight excluding hydrogens is 398 g/mol. The first-order valence-electron chi connectivity index (χ1n) is 12.4. The van der Waals surface area contributed by atoms with Crippen molar-refractivity contribution < 1.29 is 0 Å². The lowest BCUT2D eigenvalue weighted by molar-refractivity contribution is 0.527. The average Bonchev–Trinajstić information content (AvgIpc) is 3.21. The second-order valence-electron chi connectivity index (χ2n) is 9.75. The van der Waals surface area contributed by atoms with Crippen LogP contribution < -0.4 is 4.90 Å². The Bertz CT molecular complexity index is 1210. The molecule has 1 fully saturated rings. The van der Waals surface area contributed by atoms with E-state index in [-0.39, 0.29) is 0 Å². The summed E-state index contributed by atoms with van der Waals surface area (Å²) >= 11 is 0. The molecule has 0 aromatic heterocycles. The van der Waals surface area contributed by atoms with Gasteiger partial charge in [-0.05, 0) is 109 Å². The summed E-state index contributed by atoms with van der Waals surface area (Å²) in [4.78, 5) is 2.36. The number of rotatable bonds is 4. The second kappa shape index (κ2) is 8.56. The van der Waals surface area contributed by atoms with Gasteiger partial charge in [-0.15, -0.1) is 0 Å². The summed E-state index contributed by atoms with van der Waals surface area (Å²) in [5, 5.41) is 0. The molecule has 1 nitrogen and oxygen atoms in total. The van der Waals surface area contributed by atoms with Crippen molar-refractivity contribution >= 4 is 17.1 Å². The van der Waals surface area contributed by atoms with Crippen LogP contribution in [-0.2, 0) is 0 Å². The van der Waals surface area contributed by atoms with E-state index in [1.54, 1.807) is 11.1 Å². The predicted molar refractivity (Wildman–Crippen MR) is 140 cm³/mol. The normalized spacial score (nSPS) is 19.1. The van der Waals surface area contributed by atoms with Crippen LogP contribution in [0.4, 0.5) is 17.1 Å². The Morgan fingerprint density at radius 3 is 1.79 bits per heavy atom. The van der Waals surface area contributed by atoms with Crippen LogP contribution in [0.2, 0.25) is 0 Å². The minimum Gasteiger partial charge on any atom is -0.310 e. The van der Waals surface area contributed by atoms with E-state index >= 15 is 0 Å². The number of para-hydroxylation sites is 2. The summed E-state index contributed by atoms with van der Waals surface area (Å²) in [6.07, 6.45) is 6.91. The zero-order valence-electron chi connectivity index (χ0n) is 19.4. The zero-order chi connectivity index (χ0) is 22.2. The Morgan fingerprint density at radius 2 is 1.15 bits per heavy atom. The van der Waals surface area contributed by atoms with Crippen molar-refractivity contribution in [2.24, 2.45) is 0 Å². The summed E-state index contributed by atoms with van der Waals surface area (Å²) in [5.41, 5.74) is 10.8. The first-order chi connectivity index (χ1) is 16.3. The molecule has 0 N–H and O–H groups in total. The van der Waals surface area contributed by atoms with Crippen LogP contribution in [0.5, 0.6) is 0 Å². The lowest BCUT2D eigenvalue weighted by Gasteiger charge is -2.28. The Morgan fingerprint density at radius 1 is 0.576 bits per heavy atom. The Balaban J connectivity index is 1.40. The number of anilines is 3. The maximum absolute atomic E-state index is 2.51. The molecule has 1 saturated carbocycles. The van der Waals surface area contributed by atoms with Crippen LogP contribution in [-0.4, -0.2) is 0 Å². The second-order valence-corrected chi connectivity index (χ2v) is 9.75. The number of hydrogen-bond acceptors (Lipinski definition) is 1. The maximum atomic E-state index is 2.51. The summed E-state index contributed by atoms with van der Waals surface area (Å²) < 4.78 is 0. The van der Waals surface area contributed by atoms with E-state index in [1.165, 1.54) is 65.9 Å². The fourth-order valence-corrected chi connectivity index (χ4v) is 6.07. The van der Waals surface area contributed by atoms with Crippen molar-refractivity contribution in [3.8, 4) is 11.1 Å². The van der Waals surface area contributed by atoms with Gasteiger partial charge in [-0.1, -0.05) is 67.1 Å². The van der Waals surface area contributed by atoms with Crippen LogP contribution in [0, 0.1) is 6.92 Å². The fraction of sp³-hybridized carbons (Fsp3) is 0.250. The first-order valence-corrected chi connectivity index (χ1v) is 12.4. The van der Waals surface area contributed by atoms with Gasteiger partial charge in [0.15, 0.2) is 0 Å². The Kier molecular flexibility index (Phi) is 5.26. The van der Waals surface area contributed by atoms with Crippen LogP contribution in [0.3, 0.4) is 0 Å². The van der Waals surface area contributed by atoms with Gasteiger partial charge in [0.25, 0.3) is 0 Å². The topological polar surface area (TPSA) is 3.24 Å². The quantitative estimate of drug-likeness (QED) is 0.312. The number of hydrogen-bond donors (Lipinski definition) is 0. The molecule has 0 radical (unpaired) electrons. The molecule has 2 atom stereocenters. The van der Waals surface area contributed by atoms with E-state index < -0.39 is 0 Å². The smallest absolute Gasteiger partial charge is 0.0491 e.